The fourth-order valence-corrected chi connectivity index (χ4v) is 3.32. The van der Waals surface area contributed by atoms with Crippen LogP contribution >= 0.6 is 0 Å². The molecule has 6 nitrogen and oxygen atoms in total. The lowest BCUT2D eigenvalue weighted by Crippen LogP contribution is -2.52. The molecule has 3 rings (SSSR count). The van der Waals surface area contributed by atoms with Crippen molar-refractivity contribution < 1.29 is 9.18 Å². The van der Waals surface area contributed by atoms with Gasteiger partial charge in [0, 0.05) is 45.5 Å². The Kier molecular flexibility index (Phi) is 7.44. The van der Waals surface area contributed by atoms with Crippen LogP contribution in [0.4, 0.5) is 10.1 Å². The summed E-state index contributed by atoms with van der Waals surface area (Å²) < 4.78 is 12.9. The summed E-state index contributed by atoms with van der Waals surface area (Å²) in [5.41, 5.74) is 2.24. The molecule has 2 aromatic rings. The number of piperazine rings is 1. The number of rotatable bonds is 6. The van der Waals surface area contributed by atoms with E-state index in [0.717, 1.165) is 25.1 Å². The third kappa shape index (κ3) is 6.20. The molecular weight excluding hydrogens is 369 g/mol. The first-order valence-corrected chi connectivity index (χ1v) is 9.92. The Bertz CT molecular complexity index is 802. The minimum absolute atomic E-state index is 0.0687. The van der Waals surface area contributed by atoms with E-state index in [1.807, 2.05) is 23.1 Å². The summed E-state index contributed by atoms with van der Waals surface area (Å²) in [5, 5.41) is 6.26. The summed E-state index contributed by atoms with van der Waals surface area (Å²) in [5.74, 6) is 0.421. The summed E-state index contributed by atoms with van der Waals surface area (Å²) in [7, 11) is 1.68. The van der Waals surface area contributed by atoms with Crippen LogP contribution in [0, 0.1) is 5.82 Å². The van der Waals surface area contributed by atoms with Gasteiger partial charge in [-0.15, -0.1) is 0 Å². The molecule has 1 saturated heterocycles. The van der Waals surface area contributed by atoms with E-state index in [9.17, 15) is 9.18 Å². The highest BCUT2D eigenvalue weighted by Gasteiger charge is 2.21. The molecule has 0 spiro atoms. The van der Waals surface area contributed by atoms with Gasteiger partial charge in [0.15, 0.2) is 5.96 Å². The Morgan fingerprint density at radius 2 is 1.69 bits per heavy atom. The van der Waals surface area contributed by atoms with Crippen LogP contribution in [-0.2, 0) is 11.2 Å². The number of hydrogen-bond acceptors (Lipinski definition) is 3. The second-order valence-corrected chi connectivity index (χ2v) is 6.93. The van der Waals surface area contributed by atoms with Gasteiger partial charge >= 0.3 is 0 Å². The monoisotopic (exact) mass is 397 g/mol. The molecule has 1 fully saturated rings. The SMILES string of the molecule is CN=C(NCCc1ccc(F)cc1)NCC(=O)N1CCN(c2ccccc2)CC1. The van der Waals surface area contributed by atoms with Crippen LogP contribution in [0.5, 0.6) is 0 Å². The van der Waals surface area contributed by atoms with Crippen molar-refractivity contribution in [2.75, 3.05) is 51.2 Å². The van der Waals surface area contributed by atoms with Gasteiger partial charge in [-0.1, -0.05) is 30.3 Å². The fourth-order valence-electron chi connectivity index (χ4n) is 3.32. The zero-order valence-electron chi connectivity index (χ0n) is 16.8. The van der Waals surface area contributed by atoms with Crippen LogP contribution in [0.2, 0.25) is 0 Å². The fraction of sp³-hybridized carbons (Fsp3) is 0.364. The molecule has 0 radical (unpaired) electrons. The van der Waals surface area contributed by atoms with E-state index in [4.69, 9.17) is 0 Å². The van der Waals surface area contributed by atoms with E-state index < -0.39 is 0 Å². The van der Waals surface area contributed by atoms with Gasteiger partial charge < -0.3 is 20.4 Å². The molecule has 2 N–H and O–H groups in total. The van der Waals surface area contributed by atoms with Gasteiger partial charge in [-0.05, 0) is 36.2 Å². The summed E-state index contributed by atoms with van der Waals surface area (Å²) in [6.07, 6.45) is 0.746. The largest absolute Gasteiger partial charge is 0.368 e. The highest BCUT2D eigenvalue weighted by atomic mass is 19.1. The van der Waals surface area contributed by atoms with Crippen LogP contribution in [-0.4, -0.2) is 63.1 Å². The number of hydrogen-bond donors (Lipinski definition) is 2. The van der Waals surface area contributed by atoms with Crippen molar-refractivity contribution in [2.45, 2.75) is 6.42 Å². The number of para-hydroxylation sites is 1. The van der Waals surface area contributed by atoms with E-state index in [1.54, 1.807) is 19.2 Å². The lowest BCUT2D eigenvalue weighted by atomic mass is 10.1. The summed E-state index contributed by atoms with van der Waals surface area (Å²) >= 11 is 0. The molecule has 0 unspecified atom stereocenters. The Labute approximate surface area is 171 Å². The van der Waals surface area contributed by atoms with Gasteiger partial charge in [0.05, 0.1) is 6.54 Å². The number of guanidine groups is 1. The van der Waals surface area contributed by atoms with Crippen molar-refractivity contribution in [2.24, 2.45) is 4.99 Å². The molecule has 1 aliphatic rings. The van der Waals surface area contributed by atoms with E-state index >= 15 is 0 Å². The quantitative estimate of drug-likeness (QED) is 0.577. The van der Waals surface area contributed by atoms with Gasteiger partial charge in [-0.25, -0.2) is 4.39 Å². The van der Waals surface area contributed by atoms with E-state index in [-0.39, 0.29) is 18.3 Å². The first-order chi connectivity index (χ1) is 14.2. The van der Waals surface area contributed by atoms with Gasteiger partial charge in [0.25, 0.3) is 0 Å². The molecule has 1 heterocycles. The zero-order chi connectivity index (χ0) is 20.5. The van der Waals surface area contributed by atoms with E-state index in [0.29, 0.717) is 25.6 Å². The molecular formula is C22H28FN5O. The molecule has 0 bridgehead atoms. The third-order valence-electron chi connectivity index (χ3n) is 5.00. The van der Waals surface area contributed by atoms with Crippen molar-refractivity contribution >= 4 is 17.6 Å². The molecule has 154 valence electrons. The molecule has 0 aromatic heterocycles. The first-order valence-electron chi connectivity index (χ1n) is 9.92. The molecule has 1 amide bonds. The van der Waals surface area contributed by atoms with E-state index in [2.05, 4.69) is 32.7 Å². The van der Waals surface area contributed by atoms with Crippen molar-refractivity contribution in [1.29, 1.82) is 0 Å². The van der Waals surface area contributed by atoms with Crippen molar-refractivity contribution in [3.63, 3.8) is 0 Å². The molecule has 0 aliphatic carbocycles. The minimum atomic E-state index is -0.234. The van der Waals surface area contributed by atoms with Gasteiger partial charge in [0.2, 0.25) is 5.91 Å². The number of nitrogens with zero attached hydrogens (tertiary/aromatic N) is 3. The number of halogens is 1. The number of carbonyl (C=O) groups is 1. The summed E-state index contributed by atoms with van der Waals surface area (Å²) in [6, 6.07) is 16.7. The average molecular weight is 397 g/mol. The van der Waals surface area contributed by atoms with Crippen molar-refractivity contribution in [3.05, 3.63) is 66.0 Å². The predicted molar refractivity (Wildman–Crippen MR) is 115 cm³/mol. The number of carbonyl (C=O) groups excluding carboxylic acids is 1. The maximum atomic E-state index is 12.9. The topological polar surface area (TPSA) is 60.0 Å². The van der Waals surface area contributed by atoms with Crippen LogP contribution in [0.15, 0.2) is 59.6 Å². The third-order valence-corrected chi connectivity index (χ3v) is 5.00. The molecule has 7 heteroatoms. The lowest BCUT2D eigenvalue weighted by molar-refractivity contribution is -0.130. The normalized spacial score (nSPS) is 14.6. The zero-order valence-corrected chi connectivity index (χ0v) is 16.8. The maximum absolute atomic E-state index is 12.9. The van der Waals surface area contributed by atoms with Crippen molar-refractivity contribution in [3.8, 4) is 0 Å². The molecule has 29 heavy (non-hydrogen) atoms. The number of nitrogens with one attached hydrogen (secondary N) is 2. The molecule has 1 aliphatic heterocycles. The number of benzene rings is 2. The summed E-state index contributed by atoms with van der Waals surface area (Å²) in [6.45, 7) is 3.95. The lowest BCUT2D eigenvalue weighted by Gasteiger charge is -2.36. The Hall–Kier alpha value is -3.09. The molecule has 2 aromatic carbocycles. The smallest absolute Gasteiger partial charge is 0.242 e. The standard InChI is InChI=1S/C22H28FN5O/c1-24-22(25-12-11-18-7-9-19(23)10-8-18)26-17-21(29)28-15-13-27(14-16-28)20-5-3-2-4-6-20/h2-10H,11-17H2,1H3,(H2,24,25,26). The van der Waals surface area contributed by atoms with Crippen LogP contribution in [0.3, 0.4) is 0 Å². The Morgan fingerprint density at radius 1 is 1.00 bits per heavy atom. The average Bonchev–Trinajstić information content (AvgIpc) is 2.78. The highest BCUT2D eigenvalue weighted by Crippen LogP contribution is 2.15. The first kappa shape index (κ1) is 20.6. The van der Waals surface area contributed by atoms with E-state index in [1.165, 1.54) is 17.8 Å². The van der Waals surface area contributed by atoms with Crippen LogP contribution in [0.1, 0.15) is 5.56 Å². The number of aliphatic imine (C=N–C) groups is 1. The summed E-state index contributed by atoms with van der Waals surface area (Å²) in [4.78, 5) is 20.9. The Balaban J connectivity index is 1.37. The number of amides is 1. The Morgan fingerprint density at radius 3 is 2.34 bits per heavy atom. The van der Waals surface area contributed by atoms with Crippen molar-refractivity contribution in [1.82, 2.24) is 15.5 Å². The number of anilines is 1. The molecule has 0 saturated carbocycles. The van der Waals surface area contributed by atoms with Gasteiger partial charge in [-0.3, -0.25) is 9.79 Å². The predicted octanol–water partition coefficient (Wildman–Crippen LogP) is 1.88. The second kappa shape index (κ2) is 10.5. The van der Waals surface area contributed by atoms with Crippen LogP contribution < -0.4 is 15.5 Å². The second-order valence-electron chi connectivity index (χ2n) is 6.93. The van der Waals surface area contributed by atoms with Gasteiger partial charge in [0.1, 0.15) is 5.82 Å². The highest BCUT2D eigenvalue weighted by molar-refractivity contribution is 5.86. The van der Waals surface area contributed by atoms with Gasteiger partial charge in [-0.2, -0.15) is 0 Å². The minimum Gasteiger partial charge on any atom is -0.368 e. The van der Waals surface area contributed by atoms with Crippen LogP contribution in [0.25, 0.3) is 0 Å². The maximum Gasteiger partial charge on any atom is 0.242 e. The molecule has 0 atom stereocenters.